The Bertz CT molecular complexity index is 281. The molecule has 1 aromatic heterocycles. The average molecular weight is 212 g/mol. The lowest BCUT2D eigenvalue weighted by atomic mass is 10.1. The molecule has 78 valence electrons. The van der Waals surface area contributed by atoms with Crippen molar-refractivity contribution < 1.29 is 4.74 Å². The monoisotopic (exact) mass is 212 g/mol. The second kappa shape index (κ2) is 4.73. The highest BCUT2D eigenvalue weighted by Gasteiger charge is 2.21. The predicted molar refractivity (Wildman–Crippen MR) is 56.9 cm³/mol. The summed E-state index contributed by atoms with van der Waals surface area (Å²) < 4.78 is 9.59. The summed E-state index contributed by atoms with van der Waals surface area (Å²) >= 11 is 1.51. The van der Waals surface area contributed by atoms with E-state index in [2.05, 4.69) is 16.3 Å². The van der Waals surface area contributed by atoms with Crippen molar-refractivity contribution in [3.05, 3.63) is 5.01 Å². The van der Waals surface area contributed by atoms with Crippen LogP contribution in [0.15, 0.2) is 0 Å². The second-order valence-corrected chi connectivity index (χ2v) is 4.53. The summed E-state index contributed by atoms with van der Waals surface area (Å²) in [6.45, 7) is 2.81. The Balaban J connectivity index is 1.94. The number of hydrogen-bond donors (Lipinski definition) is 0. The Kier molecular flexibility index (Phi) is 3.35. The van der Waals surface area contributed by atoms with Gasteiger partial charge >= 0.3 is 6.01 Å². The summed E-state index contributed by atoms with van der Waals surface area (Å²) in [4.78, 5) is 4.41. The molecule has 14 heavy (non-hydrogen) atoms. The van der Waals surface area contributed by atoms with E-state index in [-0.39, 0.29) is 0 Å². The number of hydrogen-bond acceptors (Lipinski definition) is 4. The molecule has 3 nitrogen and oxygen atoms in total. The zero-order valence-electron chi connectivity index (χ0n) is 8.53. The number of aromatic nitrogens is 2. The van der Waals surface area contributed by atoms with Crippen molar-refractivity contribution in [2.75, 3.05) is 6.61 Å². The van der Waals surface area contributed by atoms with Crippen LogP contribution in [-0.4, -0.2) is 16.0 Å². The van der Waals surface area contributed by atoms with E-state index >= 15 is 0 Å². The molecule has 1 saturated carbocycles. The van der Waals surface area contributed by atoms with Crippen LogP contribution >= 0.6 is 11.5 Å². The lowest BCUT2D eigenvalue weighted by Crippen LogP contribution is -1.97. The van der Waals surface area contributed by atoms with Crippen molar-refractivity contribution in [1.82, 2.24) is 9.36 Å². The minimum absolute atomic E-state index is 0.582. The van der Waals surface area contributed by atoms with Crippen molar-refractivity contribution in [2.24, 2.45) is 0 Å². The Labute approximate surface area is 88.7 Å². The van der Waals surface area contributed by atoms with Gasteiger partial charge in [0, 0.05) is 5.92 Å². The number of rotatable bonds is 4. The summed E-state index contributed by atoms with van der Waals surface area (Å²) in [7, 11) is 0. The van der Waals surface area contributed by atoms with Crippen LogP contribution in [0.25, 0.3) is 0 Å². The average Bonchev–Trinajstić information content (AvgIpc) is 2.85. The van der Waals surface area contributed by atoms with Crippen LogP contribution < -0.4 is 4.74 Å². The van der Waals surface area contributed by atoms with Crippen LogP contribution in [-0.2, 0) is 0 Å². The van der Waals surface area contributed by atoms with Crippen LogP contribution in [0.2, 0.25) is 0 Å². The normalized spacial score (nSPS) is 17.5. The van der Waals surface area contributed by atoms with Gasteiger partial charge in [0.1, 0.15) is 5.01 Å². The fourth-order valence-electron chi connectivity index (χ4n) is 1.81. The van der Waals surface area contributed by atoms with Gasteiger partial charge in [-0.15, -0.1) is 4.37 Å². The Hall–Kier alpha value is -0.640. The van der Waals surface area contributed by atoms with Crippen LogP contribution in [0, 0.1) is 0 Å². The maximum Gasteiger partial charge on any atom is 0.328 e. The molecule has 2 rings (SSSR count). The van der Waals surface area contributed by atoms with E-state index in [9.17, 15) is 0 Å². The molecule has 0 unspecified atom stereocenters. The molecule has 1 fully saturated rings. The van der Waals surface area contributed by atoms with Gasteiger partial charge in [-0.2, -0.15) is 4.98 Å². The van der Waals surface area contributed by atoms with E-state index in [0.29, 0.717) is 11.9 Å². The molecule has 0 atom stereocenters. The van der Waals surface area contributed by atoms with Gasteiger partial charge in [0.15, 0.2) is 0 Å². The van der Waals surface area contributed by atoms with Crippen LogP contribution in [0.4, 0.5) is 0 Å². The van der Waals surface area contributed by atoms with Gasteiger partial charge in [0.25, 0.3) is 0 Å². The Morgan fingerprint density at radius 2 is 2.21 bits per heavy atom. The van der Waals surface area contributed by atoms with Crippen molar-refractivity contribution in [2.45, 2.75) is 44.9 Å². The van der Waals surface area contributed by atoms with Gasteiger partial charge in [-0.1, -0.05) is 19.8 Å². The highest BCUT2D eigenvalue weighted by atomic mass is 32.1. The van der Waals surface area contributed by atoms with E-state index in [4.69, 9.17) is 4.74 Å². The summed E-state index contributed by atoms with van der Waals surface area (Å²) in [6.07, 6.45) is 6.26. The smallest absolute Gasteiger partial charge is 0.328 e. The minimum Gasteiger partial charge on any atom is -0.463 e. The molecule has 1 heterocycles. The number of nitrogens with zero attached hydrogens (tertiary/aromatic N) is 2. The largest absolute Gasteiger partial charge is 0.463 e. The molecule has 1 aliphatic carbocycles. The van der Waals surface area contributed by atoms with E-state index in [1.165, 1.54) is 42.2 Å². The summed E-state index contributed by atoms with van der Waals surface area (Å²) in [5, 5.41) is 1.17. The molecule has 1 aliphatic rings. The maximum atomic E-state index is 5.38. The molecule has 0 bridgehead atoms. The van der Waals surface area contributed by atoms with E-state index in [1.807, 2.05) is 0 Å². The van der Waals surface area contributed by atoms with Crippen LogP contribution in [0.3, 0.4) is 0 Å². The predicted octanol–water partition coefficient (Wildman–Crippen LogP) is 2.98. The SMILES string of the molecule is CCCOc1nsc(C2CCCC2)n1. The minimum atomic E-state index is 0.582. The molecule has 0 radical (unpaired) electrons. The molecular weight excluding hydrogens is 196 g/mol. The summed E-state index contributed by atoms with van der Waals surface area (Å²) in [5.41, 5.74) is 0. The van der Waals surface area contributed by atoms with E-state index in [1.54, 1.807) is 0 Å². The van der Waals surface area contributed by atoms with Crippen molar-refractivity contribution in [1.29, 1.82) is 0 Å². The first-order valence-corrected chi connectivity index (χ1v) is 6.14. The van der Waals surface area contributed by atoms with Crippen LogP contribution in [0.5, 0.6) is 6.01 Å². The third kappa shape index (κ3) is 2.23. The molecule has 0 N–H and O–H groups in total. The highest BCUT2D eigenvalue weighted by Crippen LogP contribution is 2.35. The molecule has 0 amide bonds. The Morgan fingerprint density at radius 3 is 2.93 bits per heavy atom. The molecule has 0 aromatic carbocycles. The van der Waals surface area contributed by atoms with Gasteiger partial charge in [0.2, 0.25) is 0 Å². The third-order valence-electron chi connectivity index (χ3n) is 2.56. The topological polar surface area (TPSA) is 35.0 Å². The third-order valence-corrected chi connectivity index (χ3v) is 3.42. The van der Waals surface area contributed by atoms with E-state index in [0.717, 1.165) is 13.0 Å². The van der Waals surface area contributed by atoms with Crippen molar-refractivity contribution in [3.63, 3.8) is 0 Å². The quantitative estimate of drug-likeness (QED) is 0.769. The first-order valence-electron chi connectivity index (χ1n) is 5.36. The van der Waals surface area contributed by atoms with Gasteiger partial charge in [0.05, 0.1) is 6.61 Å². The standard InChI is InChI=1S/C10H16N2OS/c1-2-7-13-10-11-9(14-12-10)8-5-3-4-6-8/h8H,2-7H2,1H3. The fourth-order valence-corrected chi connectivity index (χ4v) is 2.58. The zero-order chi connectivity index (χ0) is 9.80. The molecular formula is C10H16N2OS. The summed E-state index contributed by atoms with van der Waals surface area (Å²) in [5.74, 6) is 0.659. The zero-order valence-corrected chi connectivity index (χ0v) is 9.35. The van der Waals surface area contributed by atoms with Crippen molar-refractivity contribution >= 4 is 11.5 Å². The fraction of sp³-hybridized carbons (Fsp3) is 0.800. The van der Waals surface area contributed by atoms with Gasteiger partial charge in [-0.3, -0.25) is 0 Å². The molecule has 0 aliphatic heterocycles. The van der Waals surface area contributed by atoms with Gasteiger partial charge < -0.3 is 4.74 Å². The number of ether oxygens (including phenoxy) is 1. The lowest BCUT2D eigenvalue weighted by Gasteiger charge is -2.01. The first-order chi connectivity index (χ1) is 6.90. The van der Waals surface area contributed by atoms with Crippen molar-refractivity contribution in [3.8, 4) is 6.01 Å². The van der Waals surface area contributed by atoms with E-state index < -0.39 is 0 Å². The molecule has 1 aromatic rings. The van der Waals surface area contributed by atoms with Gasteiger partial charge in [-0.25, -0.2) is 0 Å². The lowest BCUT2D eigenvalue weighted by molar-refractivity contribution is 0.295. The highest BCUT2D eigenvalue weighted by molar-refractivity contribution is 7.05. The molecule has 0 saturated heterocycles. The first kappa shape index (κ1) is 9.90. The van der Waals surface area contributed by atoms with Crippen LogP contribution in [0.1, 0.15) is 50.0 Å². The maximum absolute atomic E-state index is 5.38. The Morgan fingerprint density at radius 1 is 1.43 bits per heavy atom. The molecule has 4 heteroatoms. The van der Waals surface area contributed by atoms with Gasteiger partial charge in [-0.05, 0) is 30.8 Å². The molecule has 0 spiro atoms. The second-order valence-electron chi connectivity index (χ2n) is 3.75. The summed E-state index contributed by atoms with van der Waals surface area (Å²) in [6, 6.07) is 0.582.